The highest BCUT2D eigenvalue weighted by Crippen LogP contribution is 2.20. The number of nitrogens with one attached hydrogen (secondary N) is 1. The second-order valence-corrected chi connectivity index (χ2v) is 3.23. The van der Waals surface area contributed by atoms with Gasteiger partial charge in [0, 0.05) is 12.1 Å². The number of ether oxygens (including phenoxy) is 1. The number of rotatable bonds is 4. The van der Waals surface area contributed by atoms with Gasteiger partial charge in [0.2, 0.25) is 0 Å². The van der Waals surface area contributed by atoms with Gasteiger partial charge in [0.25, 0.3) is 0 Å². The molecule has 0 aliphatic carbocycles. The molecule has 86 valence electrons. The summed E-state index contributed by atoms with van der Waals surface area (Å²) in [5, 5.41) is 12.5. The predicted molar refractivity (Wildman–Crippen MR) is 62.4 cm³/mol. The number of methoxy groups -OCH3 is 1. The number of phenols is 1. The Balaban J connectivity index is 2.94. The molecule has 0 fully saturated rings. The quantitative estimate of drug-likeness (QED) is 0.755. The number of esters is 1. The lowest BCUT2D eigenvalue weighted by molar-refractivity contribution is 0.0600. The predicted octanol–water partition coefficient (Wildman–Crippen LogP) is 1.41. The van der Waals surface area contributed by atoms with Crippen molar-refractivity contribution < 1.29 is 14.6 Å². The summed E-state index contributed by atoms with van der Waals surface area (Å²) >= 11 is 0. The van der Waals surface area contributed by atoms with E-state index in [9.17, 15) is 9.90 Å². The van der Waals surface area contributed by atoms with Crippen molar-refractivity contribution >= 4 is 12.0 Å². The summed E-state index contributed by atoms with van der Waals surface area (Å²) in [6.45, 7) is 0.696. The first kappa shape index (κ1) is 12.3. The zero-order valence-electron chi connectivity index (χ0n) is 9.36. The maximum Gasteiger partial charge on any atom is 0.337 e. The van der Waals surface area contributed by atoms with Gasteiger partial charge < -0.3 is 15.2 Å². The molecule has 0 bridgehead atoms. The van der Waals surface area contributed by atoms with Gasteiger partial charge in [-0.2, -0.15) is 0 Å². The third-order valence-electron chi connectivity index (χ3n) is 2.07. The fourth-order valence-electron chi connectivity index (χ4n) is 1.24. The number of likely N-dealkylation sites (N-methyl/N-ethyl adjacent to an activating group) is 1. The number of benzene rings is 1. The number of carbonyl (C=O) groups excluding carboxylic acids is 1. The molecule has 1 rings (SSSR count). The Labute approximate surface area is 94.6 Å². The molecule has 0 spiro atoms. The molecule has 4 nitrogen and oxygen atoms in total. The maximum atomic E-state index is 11.3. The smallest absolute Gasteiger partial charge is 0.337 e. The first-order valence-corrected chi connectivity index (χ1v) is 4.91. The second kappa shape index (κ2) is 5.92. The van der Waals surface area contributed by atoms with Crippen LogP contribution in [0.5, 0.6) is 5.75 Å². The number of hydrogen-bond donors (Lipinski definition) is 2. The molecule has 0 aliphatic rings. The van der Waals surface area contributed by atoms with E-state index >= 15 is 0 Å². The largest absolute Gasteiger partial charge is 0.507 e. The van der Waals surface area contributed by atoms with Crippen LogP contribution in [0.3, 0.4) is 0 Å². The van der Waals surface area contributed by atoms with Gasteiger partial charge in [-0.1, -0.05) is 12.2 Å². The molecule has 0 amide bonds. The summed E-state index contributed by atoms with van der Waals surface area (Å²) in [7, 11) is 3.15. The van der Waals surface area contributed by atoms with E-state index in [-0.39, 0.29) is 5.75 Å². The highest BCUT2D eigenvalue weighted by molar-refractivity contribution is 5.90. The Hall–Kier alpha value is -1.81. The Morgan fingerprint density at radius 3 is 2.94 bits per heavy atom. The van der Waals surface area contributed by atoms with Crippen LogP contribution in [0.25, 0.3) is 6.08 Å². The first-order chi connectivity index (χ1) is 7.69. The maximum absolute atomic E-state index is 11.3. The Morgan fingerprint density at radius 2 is 2.31 bits per heavy atom. The van der Waals surface area contributed by atoms with Crippen LogP contribution in [0.1, 0.15) is 15.9 Å². The van der Waals surface area contributed by atoms with Crippen LogP contribution in [0.4, 0.5) is 0 Å². The van der Waals surface area contributed by atoms with E-state index < -0.39 is 5.97 Å². The van der Waals surface area contributed by atoms with Gasteiger partial charge in [0.05, 0.1) is 12.7 Å². The zero-order chi connectivity index (χ0) is 12.0. The van der Waals surface area contributed by atoms with E-state index in [0.717, 1.165) is 0 Å². The van der Waals surface area contributed by atoms with E-state index in [1.807, 2.05) is 13.1 Å². The summed E-state index contributed by atoms with van der Waals surface area (Å²) in [5.41, 5.74) is 1.02. The minimum absolute atomic E-state index is 0.139. The SMILES string of the molecule is CNCC=Cc1cc(C(=O)OC)ccc1O. The summed E-state index contributed by atoms with van der Waals surface area (Å²) in [6.07, 6.45) is 3.61. The van der Waals surface area contributed by atoms with Gasteiger partial charge in [-0.25, -0.2) is 4.79 Å². The molecule has 0 unspecified atom stereocenters. The van der Waals surface area contributed by atoms with Crippen LogP contribution in [0, 0.1) is 0 Å². The number of carbonyl (C=O) groups is 1. The average Bonchev–Trinajstić information content (AvgIpc) is 2.31. The Morgan fingerprint density at radius 1 is 1.56 bits per heavy atom. The highest BCUT2D eigenvalue weighted by Gasteiger charge is 2.07. The lowest BCUT2D eigenvalue weighted by Crippen LogP contribution is -2.04. The summed E-state index contributed by atoms with van der Waals surface area (Å²) < 4.78 is 4.60. The van der Waals surface area contributed by atoms with Gasteiger partial charge in [-0.15, -0.1) is 0 Å². The molecule has 1 aromatic carbocycles. The van der Waals surface area contributed by atoms with Crippen LogP contribution in [0.15, 0.2) is 24.3 Å². The van der Waals surface area contributed by atoms with E-state index in [0.29, 0.717) is 17.7 Å². The van der Waals surface area contributed by atoms with E-state index in [1.165, 1.54) is 19.2 Å². The molecule has 0 saturated heterocycles. The third-order valence-corrected chi connectivity index (χ3v) is 2.07. The van der Waals surface area contributed by atoms with E-state index in [2.05, 4.69) is 10.1 Å². The molecule has 1 aromatic rings. The van der Waals surface area contributed by atoms with Gasteiger partial charge in [0.15, 0.2) is 0 Å². The highest BCUT2D eigenvalue weighted by atomic mass is 16.5. The fourth-order valence-corrected chi connectivity index (χ4v) is 1.24. The topological polar surface area (TPSA) is 58.6 Å². The van der Waals surface area contributed by atoms with Crippen molar-refractivity contribution in [3.8, 4) is 5.75 Å². The standard InChI is InChI=1S/C12H15NO3/c1-13-7-3-4-9-8-10(12(15)16-2)5-6-11(9)14/h3-6,8,13-14H,7H2,1-2H3. The van der Waals surface area contributed by atoms with Crippen LogP contribution in [-0.2, 0) is 4.74 Å². The minimum atomic E-state index is -0.414. The van der Waals surface area contributed by atoms with Gasteiger partial charge in [-0.3, -0.25) is 0 Å². The monoisotopic (exact) mass is 221 g/mol. The minimum Gasteiger partial charge on any atom is -0.507 e. The van der Waals surface area contributed by atoms with Crippen molar-refractivity contribution in [2.24, 2.45) is 0 Å². The molecule has 0 radical (unpaired) electrons. The van der Waals surface area contributed by atoms with Crippen molar-refractivity contribution in [2.45, 2.75) is 0 Å². The normalized spacial score (nSPS) is 10.6. The average molecular weight is 221 g/mol. The van der Waals surface area contributed by atoms with Crippen LogP contribution >= 0.6 is 0 Å². The molecule has 0 aromatic heterocycles. The van der Waals surface area contributed by atoms with E-state index in [1.54, 1.807) is 12.1 Å². The van der Waals surface area contributed by atoms with Crippen molar-refractivity contribution in [3.05, 3.63) is 35.4 Å². The molecule has 0 aliphatic heterocycles. The van der Waals surface area contributed by atoms with Crippen LogP contribution < -0.4 is 5.32 Å². The van der Waals surface area contributed by atoms with Gasteiger partial charge in [-0.05, 0) is 25.2 Å². The molecule has 0 heterocycles. The van der Waals surface area contributed by atoms with Gasteiger partial charge in [0.1, 0.15) is 5.75 Å². The number of hydrogen-bond acceptors (Lipinski definition) is 4. The zero-order valence-corrected chi connectivity index (χ0v) is 9.36. The Kier molecular flexibility index (Phi) is 4.54. The number of aromatic hydroxyl groups is 1. The molecule has 4 heteroatoms. The summed E-state index contributed by atoms with van der Waals surface area (Å²) in [6, 6.07) is 4.59. The second-order valence-electron chi connectivity index (χ2n) is 3.23. The molecule has 2 N–H and O–H groups in total. The lowest BCUT2D eigenvalue weighted by atomic mass is 10.1. The van der Waals surface area contributed by atoms with Crippen molar-refractivity contribution in [1.29, 1.82) is 0 Å². The summed E-state index contributed by atoms with van der Waals surface area (Å²) in [5.74, 6) is -0.275. The van der Waals surface area contributed by atoms with Crippen molar-refractivity contribution in [2.75, 3.05) is 20.7 Å². The molecular weight excluding hydrogens is 206 g/mol. The summed E-state index contributed by atoms with van der Waals surface area (Å²) in [4.78, 5) is 11.3. The Bertz CT molecular complexity index is 399. The van der Waals surface area contributed by atoms with Crippen molar-refractivity contribution in [3.63, 3.8) is 0 Å². The molecular formula is C12H15NO3. The molecule has 0 saturated carbocycles. The fraction of sp³-hybridized carbons (Fsp3) is 0.250. The third kappa shape index (κ3) is 3.10. The lowest BCUT2D eigenvalue weighted by Gasteiger charge is -2.03. The van der Waals surface area contributed by atoms with Crippen LogP contribution in [-0.4, -0.2) is 31.8 Å². The van der Waals surface area contributed by atoms with Crippen LogP contribution in [0.2, 0.25) is 0 Å². The van der Waals surface area contributed by atoms with E-state index in [4.69, 9.17) is 0 Å². The first-order valence-electron chi connectivity index (χ1n) is 4.91. The number of phenolic OH excluding ortho intramolecular Hbond substituents is 1. The molecule has 0 atom stereocenters. The molecule has 16 heavy (non-hydrogen) atoms. The van der Waals surface area contributed by atoms with Gasteiger partial charge >= 0.3 is 5.97 Å². The van der Waals surface area contributed by atoms with Crippen molar-refractivity contribution in [1.82, 2.24) is 5.32 Å².